The van der Waals surface area contributed by atoms with E-state index in [0.29, 0.717) is 23.9 Å². The Morgan fingerprint density at radius 2 is 0.548 bits per heavy atom. The SMILES string of the molecule is CC/C=C\C/C=C\C/C=C\C/C=C\C/C=C\C/C=C\C/C=C\C/C=C\CCCCCCCCCCCCCCCCCCC(=O)OC(COC(=O)CCCCCCCCCCCCCCCCCCCCCCCCCCCCCCCCCCCCCCCC)COC(OCC[N+](C)(C)C)C(=O)[O-]. The van der Waals surface area contributed by atoms with Crippen LogP contribution in [0.4, 0.5) is 0 Å². The van der Waals surface area contributed by atoms with Crippen LogP contribution in [0.25, 0.3) is 0 Å². The highest BCUT2D eigenvalue weighted by Crippen LogP contribution is 2.20. The Labute approximate surface area is 645 Å². The van der Waals surface area contributed by atoms with Gasteiger partial charge in [-0.3, -0.25) is 9.59 Å². The number of hydrogen-bond acceptors (Lipinski definition) is 8. The molecule has 0 aromatic heterocycles. The molecule has 0 spiro atoms. The van der Waals surface area contributed by atoms with E-state index in [9.17, 15) is 19.5 Å². The van der Waals surface area contributed by atoms with Crippen molar-refractivity contribution in [1.29, 1.82) is 0 Å². The molecule has 604 valence electrons. The Morgan fingerprint density at radius 1 is 0.298 bits per heavy atom. The molecule has 0 rings (SSSR count). The van der Waals surface area contributed by atoms with Crippen LogP contribution in [0, 0.1) is 0 Å². The van der Waals surface area contributed by atoms with E-state index in [-0.39, 0.29) is 32.2 Å². The Morgan fingerprint density at radius 3 is 0.817 bits per heavy atom. The number of carboxylic acid groups (broad SMARTS) is 1. The van der Waals surface area contributed by atoms with Gasteiger partial charge in [-0.05, 0) is 77.0 Å². The summed E-state index contributed by atoms with van der Waals surface area (Å²) in [5.74, 6) is -2.26. The van der Waals surface area contributed by atoms with Crippen LogP contribution in [-0.4, -0.2) is 82.3 Å². The van der Waals surface area contributed by atoms with E-state index in [0.717, 1.165) is 83.5 Å². The largest absolute Gasteiger partial charge is 0.545 e. The molecular formula is C95H171NO8. The lowest BCUT2D eigenvalue weighted by molar-refractivity contribution is -0.870. The summed E-state index contributed by atoms with van der Waals surface area (Å²) < 4.78 is 22.9. The number of quaternary nitrogens is 1. The summed E-state index contributed by atoms with van der Waals surface area (Å²) in [6, 6.07) is 0. The van der Waals surface area contributed by atoms with Gasteiger partial charge >= 0.3 is 11.9 Å². The van der Waals surface area contributed by atoms with Gasteiger partial charge in [0.15, 0.2) is 12.4 Å². The van der Waals surface area contributed by atoms with E-state index < -0.39 is 24.3 Å². The summed E-state index contributed by atoms with van der Waals surface area (Å²) in [7, 11) is 5.95. The summed E-state index contributed by atoms with van der Waals surface area (Å²) in [6.45, 7) is 4.70. The van der Waals surface area contributed by atoms with Crippen LogP contribution in [0.3, 0.4) is 0 Å². The Hall–Kier alpha value is -3.79. The number of nitrogens with zero attached hydrogens (tertiary/aromatic N) is 1. The number of carbonyl (C=O) groups is 3. The molecule has 0 aliphatic heterocycles. The maximum atomic E-state index is 13.0. The van der Waals surface area contributed by atoms with Crippen molar-refractivity contribution in [1.82, 2.24) is 0 Å². The Balaban J connectivity index is 3.94. The number of allylic oxidation sites excluding steroid dienone is 16. The second-order valence-corrected chi connectivity index (χ2v) is 31.5. The average molecular weight is 1460 g/mol. The highest BCUT2D eigenvalue weighted by atomic mass is 16.7. The quantitative estimate of drug-likeness (QED) is 0.0195. The second-order valence-electron chi connectivity index (χ2n) is 31.5. The van der Waals surface area contributed by atoms with Crippen LogP contribution in [0.1, 0.15) is 431 Å². The number of rotatable bonds is 84. The van der Waals surface area contributed by atoms with Crippen LogP contribution >= 0.6 is 0 Å². The summed E-state index contributed by atoms with van der Waals surface area (Å²) in [4.78, 5) is 37.7. The average Bonchev–Trinajstić information content (AvgIpc) is 0.971. The van der Waals surface area contributed by atoms with Crippen LogP contribution in [-0.2, 0) is 33.3 Å². The lowest BCUT2D eigenvalue weighted by atomic mass is 10.0. The highest BCUT2D eigenvalue weighted by molar-refractivity contribution is 5.70. The lowest BCUT2D eigenvalue weighted by Gasteiger charge is -2.26. The normalized spacial score (nSPS) is 13.0. The summed E-state index contributed by atoms with van der Waals surface area (Å²) in [6.07, 6.45) is 116. The van der Waals surface area contributed by atoms with Crippen molar-refractivity contribution in [2.24, 2.45) is 0 Å². The van der Waals surface area contributed by atoms with E-state index in [1.165, 1.54) is 315 Å². The van der Waals surface area contributed by atoms with E-state index in [4.69, 9.17) is 18.9 Å². The van der Waals surface area contributed by atoms with E-state index in [1.54, 1.807) is 0 Å². The fourth-order valence-electron chi connectivity index (χ4n) is 13.3. The minimum atomic E-state index is -1.62. The Kier molecular flexibility index (Phi) is 81.7. The zero-order valence-electron chi connectivity index (χ0n) is 69.4. The first-order valence-corrected chi connectivity index (χ1v) is 44.9. The number of carboxylic acids is 1. The summed E-state index contributed by atoms with van der Waals surface area (Å²) in [5.41, 5.74) is 0. The highest BCUT2D eigenvalue weighted by Gasteiger charge is 2.22. The third-order valence-electron chi connectivity index (χ3n) is 20.1. The molecule has 0 saturated heterocycles. The molecule has 0 aromatic carbocycles. The van der Waals surface area contributed by atoms with E-state index in [1.807, 2.05) is 21.1 Å². The maximum absolute atomic E-state index is 13.0. The van der Waals surface area contributed by atoms with Crippen molar-refractivity contribution in [2.45, 2.75) is 444 Å². The molecule has 0 heterocycles. The zero-order chi connectivity index (χ0) is 75.3. The topological polar surface area (TPSA) is 111 Å². The third-order valence-corrected chi connectivity index (χ3v) is 20.1. The third kappa shape index (κ3) is 85.5. The molecule has 0 bridgehead atoms. The first kappa shape index (κ1) is 100. The molecule has 0 aliphatic carbocycles. The van der Waals surface area contributed by atoms with Gasteiger partial charge in [-0.1, -0.05) is 439 Å². The van der Waals surface area contributed by atoms with Gasteiger partial charge in [0.1, 0.15) is 13.2 Å². The van der Waals surface area contributed by atoms with Crippen molar-refractivity contribution in [3.63, 3.8) is 0 Å². The lowest BCUT2D eigenvalue weighted by Crippen LogP contribution is -2.44. The van der Waals surface area contributed by atoms with Gasteiger partial charge < -0.3 is 33.3 Å². The smallest absolute Gasteiger partial charge is 0.306 e. The van der Waals surface area contributed by atoms with Gasteiger partial charge in [-0.25, -0.2) is 0 Å². The Bertz CT molecular complexity index is 2040. The van der Waals surface area contributed by atoms with E-state index >= 15 is 0 Å². The van der Waals surface area contributed by atoms with Crippen molar-refractivity contribution >= 4 is 17.9 Å². The molecule has 9 nitrogen and oxygen atoms in total. The fraction of sp³-hybridized carbons (Fsp3) is 0.800. The number of hydrogen-bond donors (Lipinski definition) is 0. The fourth-order valence-corrected chi connectivity index (χ4v) is 13.3. The van der Waals surface area contributed by atoms with Gasteiger partial charge in [0.25, 0.3) is 0 Å². The van der Waals surface area contributed by atoms with Gasteiger partial charge in [-0.15, -0.1) is 0 Å². The minimum Gasteiger partial charge on any atom is -0.545 e. The molecule has 0 fully saturated rings. The molecule has 2 atom stereocenters. The molecule has 0 amide bonds. The van der Waals surface area contributed by atoms with Crippen LogP contribution in [0.15, 0.2) is 97.2 Å². The standard InChI is InChI=1S/C95H171NO8/c1-6-8-10-12-14-16-18-20-22-24-26-28-30-32-34-36-38-40-42-44-46-47-48-50-52-54-56-58-60-62-64-66-68-70-72-74-76-78-80-82-84-86-93(98)104-91(90-103-95(94(99)100)101-88-87-96(3,4)5)89-102-92(97)85-83-81-79-77-75-73-71-69-67-65-63-61-59-57-55-53-51-49-45-43-41-39-37-35-33-31-29-27-25-23-21-19-17-15-13-11-9-7-2/h8,10,14,16,20,22,26,28,32,34,38,40,44,46,48,50,91,95H,6-7,9,11-13,15,17-19,21,23-25,27,29-31,33,35-37,39,41-43,45,47,49,51-90H2,1-5H3/b10-8-,16-14-,22-20-,28-26-,34-32-,40-38-,46-44-,50-48-. The van der Waals surface area contributed by atoms with E-state index in [2.05, 4.69) is 111 Å². The number of ether oxygens (including phenoxy) is 4. The first-order valence-electron chi connectivity index (χ1n) is 44.9. The number of esters is 2. The van der Waals surface area contributed by atoms with Crippen molar-refractivity contribution in [3.8, 4) is 0 Å². The molecule has 0 saturated carbocycles. The maximum Gasteiger partial charge on any atom is 0.306 e. The van der Waals surface area contributed by atoms with Crippen molar-refractivity contribution in [2.75, 3.05) is 47.5 Å². The summed E-state index contributed by atoms with van der Waals surface area (Å²) >= 11 is 0. The van der Waals surface area contributed by atoms with Gasteiger partial charge in [-0.2, -0.15) is 0 Å². The zero-order valence-corrected chi connectivity index (χ0v) is 69.4. The van der Waals surface area contributed by atoms with Crippen LogP contribution in [0.5, 0.6) is 0 Å². The van der Waals surface area contributed by atoms with Crippen molar-refractivity contribution < 1.29 is 42.9 Å². The minimum absolute atomic E-state index is 0.148. The molecule has 0 N–H and O–H groups in total. The van der Waals surface area contributed by atoms with Crippen molar-refractivity contribution in [3.05, 3.63) is 97.2 Å². The summed E-state index contributed by atoms with van der Waals surface area (Å²) in [5, 5.41) is 11.9. The number of likely N-dealkylation sites (N-methyl/N-ethyl adjacent to an activating group) is 1. The van der Waals surface area contributed by atoms with Gasteiger partial charge in [0, 0.05) is 12.8 Å². The molecule has 9 heteroatoms. The van der Waals surface area contributed by atoms with Crippen LogP contribution in [0.2, 0.25) is 0 Å². The number of carbonyl (C=O) groups excluding carboxylic acids is 3. The molecule has 104 heavy (non-hydrogen) atoms. The number of aliphatic carboxylic acids is 1. The van der Waals surface area contributed by atoms with Gasteiger partial charge in [0.05, 0.1) is 40.3 Å². The molecular weight excluding hydrogens is 1280 g/mol. The monoisotopic (exact) mass is 1450 g/mol. The van der Waals surface area contributed by atoms with Gasteiger partial charge in [0.2, 0.25) is 0 Å². The second kappa shape index (κ2) is 84.8. The molecule has 0 radical (unpaired) electrons. The molecule has 0 aliphatic rings. The molecule has 0 aromatic rings. The predicted molar refractivity (Wildman–Crippen MR) is 449 cm³/mol. The van der Waals surface area contributed by atoms with Crippen LogP contribution < -0.4 is 5.11 Å². The number of unbranched alkanes of at least 4 members (excludes halogenated alkanes) is 53. The molecule has 2 unspecified atom stereocenters. The predicted octanol–water partition coefficient (Wildman–Crippen LogP) is 28.1. The first-order chi connectivity index (χ1) is 51.1.